The molecule has 12 atom stereocenters. The Morgan fingerprint density at radius 2 is 1.93 bits per heavy atom. The molecule has 0 radical (unpaired) electrons. The number of hydrogen-bond acceptors (Lipinski definition) is 17. The third-order valence-electron chi connectivity index (χ3n) is 6.36. The van der Waals surface area contributed by atoms with Crippen LogP contribution in [0.25, 0.3) is 5.65 Å². The number of hydrogen-bond donors (Lipinski definition) is 9. The summed E-state index contributed by atoms with van der Waals surface area (Å²) in [5, 5.41) is 63.3. The molecule has 19 nitrogen and oxygen atoms in total. The summed E-state index contributed by atoms with van der Waals surface area (Å²) in [6.45, 7) is -6.69. The van der Waals surface area contributed by atoms with Gasteiger partial charge in [-0.3, -0.25) is 4.52 Å². The topological polar surface area (TPSA) is 294 Å². The molecule has 234 valence electrons. The van der Waals surface area contributed by atoms with E-state index in [0.717, 1.165) is 17.0 Å². The third kappa shape index (κ3) is 6.36. The lowest BCUT2D eigenvalue weighted by Crippen LogP contribution is -2.61. The molecule has 2 fully saturated rings. The molecule has 10 N–H and O–H groups in total. The van der Waals surface area contributed by atoms with E-state index >= 15 is 4.39 Å². The normalized spacial score (nSPS) is 37.1. The van der Waals surface area contributed by atoms with E-state index in [1.54, 1.807) is 0 Å². The monoisotopic (exact) mass is 661 g/mol. The Hall–Kier alpha value is -1.80. The summed E-state index contributed by atoms with van der Waals surface area (Å²) >= 11 is 4.69. The van der Waals surface area contributed by atoms with Crippen molar-refractivity contribution >= 4 is 37.9 Å². The number of halogens is 1. The highest BCUT2D eigenvalue weighted by molar-refractivity contribution is 8.08. The van der Waals surface area contributed by atoms with E-state index in [9.17, 15) is 39.9 Å². The molecule has 0 saturated carbocycles. The molecule has 42 heavy (non-hydrogen) atoms. The Kier molecular flexibility index (Phi) is 9.69. The molecule has 2 aliphatic rings. The largest absolute Gasteiger partial charge is 0.481 e. The molecule has 0 aromatic carbocycles. The van der Waals surface area contributed by atoms with Gasteiger partial charge in [0, 0.05) is 0 Å². The predicted octanol–water partition coefficient (Wildman–Crippen LogP) is -3.62. The maximum atomic E-state index is 15.8. The molecule has 2 aliphatic heterocycles. The molecule has 0 amide bonds. The van der Waals surface area contributed by atoms with Gasteiger partial charge < -0.3 is 60.2 Å². The Morgan fingerprint density at radius 1 is 1.24 bits per heavy atom. The average molecular weight is 661 g/mol. The number of nitrogens with two attached hydrogens (primary N) is 1. The number of nitrogens with zero attached hydrogens (tertiary/aromatic N) is 4. The number of anilines is 1. The lowest BCUT2D eigenvalue weighted by atomic mass is 9.90. The van der Waals surface area contributed by atoms with Crippen molar-refractivity contribution in [1.29, 1.82) is 0 Å². The van der Waals surface area contributed by atoms with Gasteiger partial charge in [0.05, 0.1) is 25.0 Å². The van der Waals surface area contributed by atoms with Crippen LogP contribution in [-0.4, -0.2) is 128 Å². The first-order valence-corrected chi connectivity index (χ1v) is 15.8. The van der Waals surface area contributed by atoms with Crippen molar-refractivity contribution in [2.24, 2.45) is 0 Å². The van der Waals surface area contributed by atoms with E-state index in [-0.39, 0.29) is 17.2 Å². The highest BCUT2D eigenvalue weighted by Gasteiger charge is 2.58. The molecule has 0 aliphatic carbocycles. The number of aliphatic hydroxyl groups is 6. The van der Waals surface area contributed by atoms with Crippen molar-refractivity contribution in [1.82, 2.24) is 19.6 Å². The van der Waals surface area contributed by atoms with Gasteiger partial charge >= 0.3 is 14.5 Å². The highest BCUT2D eigenvalue weighted by Crippen LogP contribution is 2.62. The highest BCUT2D eigenvalue weighted by atomic mass is 32.5. The third-order valence-corrected chi connectivity index (χ3v) is 9.87. The lowest BCUT2D eigenvalue weighted by molar-refractivity contribution is -0.292. The summed E-state index contributed by atoms with van der Waals surface area (Å²) in [5.74, 6) is 1.71. The summed E-state index contributed by atoms with van der Waals surface area (Å²) in [6, 6.07) is 0. The van der Waals surface area contributed by atoms with E-state index in [2.05, 4.69) is 35.7 Å². The number of terminal acetylenes is 1. The van der Waals surface area contributed by atoms with E-state index < -0.39 is 88.5 Å². The maximum Gasteiger partial charge on any atom is 0.481 e. The van der Waals surface area contributed by atoms with Crippen LogP contribution in [0.15, 0.2) is 12.5 Å². The second-order valence-corrected chi connectivity index (χ2v) is 13.5. The zero-order valence-electron chi connectivity index (χ0n) is 20.9. The fourth-order valence-electron chi connectivity index (χ4n) is 4.25. The summed E-state index contributed by atoms with van der Waals surface area (Å²) in [7, 11) is -5.52. The van der Waals surface area contributed by atoms with Gasteiger partial charge in [0.15, 0.2) is 11.9 Å². The first-order valence-electron chi connectivity index (χ1n) is 11.7. The summed E-state index contributed by atoms with van der Waals surface area (Å²) in [4.78, 5) is 28.1. The molecule has 2 saturated heterocycles. The summed E-state index contributed by atoms with van der Waals surface area (Å²) < 4.78 is 54.0. The quantitative estimate of drug-likeness (QED) is 0.0877. The fourth-order valence-corrected chi connectivity index (χ4v) is 7.35. The van der Waals surface area contributed by atoms with Crippen LogP contribution in [-0.2, 0) is 39.2 Å². The van der Waals surface area contributed by atoms with Gasteiger partial charge in [0.25, 0.3) is 0 Å². The second kappa shape index (κ2) is 12.3. The van der Waals surface area contributed by atoms with Gasteiger partial charge in [0.1, 0.15) is 55.2 Å². The van der Waals surface area contributed by atoms with Crippen LogP contribution in [0.3, 0.4) is 0 Å². The molecule has 4 rings (SSSR count). The van der Waals surface area contributed by atoms with Crippen LogP contribution in [0.5, 0.6) is 0 Å². The van der Waals surface area contributed by atoms with Gasteiger partial charge in [-0.05, 0) is 11.8 Å². The summed E-state index contributed by atoms with van der Waals surface area (Å²) in [5.41, 5.74) is 2.80. The minimum Gasteiger partial charge on any atom is -0.394 e. The molecule has 0 spiro atoms. The molecule has 23 heteroatoms. The Balaban J connectivity index is 1.44. The van der Waals surface area contributed by atoms with Crippen molar-refractivity contribution in [2.75, 3.05) is 18.9 Å². The van der Waals surface area contributed by atoms with Crippen molar-refractivity contribution in [3.05, 3.63) is 18.1 Å². The summed E-state index contributed by atoms with van der Waals surface area (Å²) in [6.07, 6.45) is -9.89. The van der Waals surface area contributed by atoms with Gasteiger partial charge in [-0.25, -0.2) is 23.2 Å². The van der Waals surface area contributed by atoms with Crippen LogP contribution in [0, 0.1) is 12.3 Å². The zero-order valence-corrected chi connectivity index (χ0v) is 23.5. The standard InChI is InChI=1S/C19H26FN5O14P2S/c1-2-19(20)14(31)9(36-15(19)7-3-24-25-16(7)22-6-23-18(25)21)5-35-41(34,42)39-40(32,33)38-17-12(30)10(28)11(29)13(37-17)8(27)4-26/h1,3,6,8-15,17,26-31H,4-5H2,(H,32,33)(H,34,42)(H2,21,22,23)/t8-,9+,10?,11?,12?,13?,14+,15-,17?,19+,41?/m0/s1. The van der Waals surface area contributed by atoms with Crippen molar-refractivity contribution in [2.45, 2.75) is 60.8 Å². The maximum absolute atomic E-state index is 15.8. The molecule has 7 unspecified atom stereocenters. The van der Waals surface area contributed by atoms with Crippen molar-refractivity contribution < 1.29 is 72.2 Å². The van der Waals surface area contributed by atoms with Gasteiger partial charge in [-0.1, -0.05) is 5.92 Å². The average Bonchev–Trinajstić information content (AvgIpc) is 3.46. The van der Waals surface area contributed by atoms with E-state index in [4.69, 9.17) is 31.3 Å². The zero-order chi connectivity index (χ0) is 31.2. The van der Waals surface area contributed by atoms with Crippen LogP contribution in [0.4, 0.5) is 10.3 Å². The second-order valence-electron chi connectivity index (χ2n) is 9.09. The van der Waals surface area contributed by atoms with Gasteiger partial charge in [-0.2, -0.15) is 9.61 Å². The minimum atomic E-state index is -5.52. The SMILES string of the molecule is C#C[C@@]1(F)[C@H](O)[C@@H](COP(O)(=S)OP(=O)(O)OC2OC([C@@H](O)CO)C(O)C(O)C2O)O[C@H]1c1cnn2c(N)ncnc12. The van der Waals surface area contributed by atoms with Crippen LogP contribution in [0.1, 0.15) is 11.7 Å². The molecule has 2 aromatic rings. The first kappa shape index (κ1) is 33.1. The molecular formula is C19H26FN5O14P2S. The number of ether oxygens (including phenoxy) is 2. The van der Waals surface area contributed by atoms with Crippen molar-refractivity contribution in [3.63, 3.8) is 0 Å². The van der Waals surface area contributed by atoms with Crippen LogP contribution >= 0.6 is 14.5 Å². The Bertz CT molecular complexity index is 1430. The molecule has 2 aromatic heterocycles. The van der Waals surface area contributed by atoms with E-state index in [1.807, 2.05) is 5.92 Å². The number of fused-ring (bicyclic) bond motifs is 1. The minimum absolute atomic E-state index is 0.00558. The Labute approximate surface area is 240 Å². The van der Waals surface area contributed by atoms with Crippen LogP contribution in [0.2, 0.25) is 0 Å². The van der Waals surface area contributed by atoms with Crippen LogP contribution < -0.4 is 5.73 Å². The molecular weight excluding hydrogens is 635 g/mol. The number of phosphoric ester groups is 1. The first-order chi connectivity index (χ1) is 19.5. The number of alkyl halides is 1. The molecule has 0 bridgehead atoms. The van der Waals surface area contributed by atoms with E-state index in [1.165, 1.54) is 0 Å². The van der Waals surface area contributed by atoms with E-state index in [0.29, 0.717) is 0 Å². The van der Waals surface area contributed by atoms with Gasteiger partial charge in [0.2, 0.25) is 11.6 Å². The molecule has 4 heterocycles. The number of aromatic nitrogens is 4. The fraction of sp³-hybridized carbons (Fsp3) is 0.632. The van der Waals surface area contributed by atoms with Gasteiger partial charge in [-0.15, -0.1) is 6.42 Å². The number of rotatable bonds is 10. The lowest BCUT2D eigenvalue weighted by Gasteiger charge is -2.41. The van der Waals surface area contributed by atoms with Crippen molar-refractivity contribution in [3.8, 4) is 12.3 Å². The predicted molar refractivity (Wildman–Crippen MR) is 136 cm³/mol. The number of aliphatic hydroxyl groups excluding tert-OH is 6. The Morgan fingerprint density at radius 3 is 2.57 bits per heavy atom. The number of nitrogen functional groups attached to an aromatic ring is 1. The number of phosphoric acid groups is 1. The smallest absolute Gasteiger partial charge is 0.394 e.